The fourth-order valence-electron chi connectivity index (χ4n) is 2.93. The second-order valence-electron chi connectivity index (χ2n) is 6.34. The SMILES string of the molecule is CCCCN(C(=O)c1ccccc1)C(C=Cc1ccccc1)CCC. The zero-order valence-electron chi connectivity index (χ0n) is 15.4. The lowest BCUT2D eigenvalue weighted by atomic mass is 10.0. The third-order valence-electron chi connectivity index (χ3n) is 4.33. The molecule has 1 amide bonds. The lowest BCUT2D eigenvalue weighted by molar-refractivity contribution is 0.0703. The average Bonchev–Trinajstić information content (AvgIpc) is 2.67. The van der Waals surface area contributed by atoms with E-state index in [-0.39, 0.29) is 11.9 Å². The van der Waals surface area contributed by atoms with E-state index in [0.717, 1.165) is 37.8 Å². The molecular formula is C23H29NO. The smallest absolute Gasteiger partial charge is 0.254 e. The van der Waals surface area contributed by atoms with Gasteiger partial charge in [0.1, 0.15) is 0 Å². The number of amides is 1. The molecule has 0 saturated heterocycles. The molecule has 132 valence electrons. The van der Waals surface area contributed by atoms with Gasteiger partial charge < -0.3 is 4.90 Å². The van der Waals surface area contributed by atoms with Crippen LogP contribution in [0.1, 0.15) is 55.5 Å². The molecule has 0 fully saturated rings. The number of hydrogen-bond donors (Lipinski definition) is 0. The molecule has 2 nitrogen and oxygen atoms in total. The van der Waals surface area contributed by atoms with Crippen molar-refractivity contribution in [2.75, 3.05) is 6.54 Å². The van der Waals surface area contributed by atoms with Gasteiger partial charge in [-0.15, -0.1) is 0 Å². The summed E-state index contributed by atoms with van der Waals surface area (Å²) in [5.41, 5.74) is 1.94. The van der Waals surface area contributed by atoms with Gasteiger partial charge in [-0.25, -0.2) is 0 Å². The molecule has 0 spiro atoms. The maximum atomic E-state index is 13.1. The van der Waals surface area contributed by atoms with Gasteiger partial charge >= 0.3 is 0 Å². The van der Waals surface area contributed by atoms with Gasteiger partial charge in [-0.3, -0.25) is 4.79 Å². The van der Waals surface area contributed by atoms with E-state index in [9.17, 15) is 4.79 Å². The fourth-order valence-corrected chi connectivity index (χ4v) is 2.93. The normalized spacial score (nSPS) is 12.2. The highest BCUT2D eigenvalue weighted by atomic mass is 16.2. The Balaban J connectivity index is 2.24. The molecule has 0 aliphatic rings. The summed E-state index contributed by atoms with van der Waals surface area (Å²) in [6, 6.07) is 20.0. The Morgan fingerprint density at radius 2 is 1.60 bits per heavy atom. The average molecular weight is 335 g/mol. The van der Waals surface area contributed by atoms with Crippen molar-refractivity contribution in [3.05, 3.63) is 77.9 Å². The Bertz CT molecular complexity index is 648. The molecule has 1 unspecified atom stereocenters. The highest BCUT2D eigenvalue weighted by molar-refractivity contribution is 5.94. The zero-order chi connectivity index (χ0) is 17.9. The minimum absolute atomic E-state index is 0.129. The molecular weight excluding hydrogens is 306 g/mol. The quantitative estimate of drug-likeness (QED) is 0.566. The fraction of sp³-hybridized carbons (Fsp3) is 0.348. The van der Waals surface area contributed by atoms with E-state index in [2.05, 4.69) is 38.1 Å². The molecule has 25 heavy (non-hydrogen) atoms. The topological polar surface area (TPSA) is 20.3 Å². The van der Waals surface area contributed by atoms with Crippen LogP contribution < -0.4 is 0 Å². The van der Waals surface area contributed by atoms with E-state index in [1.807, 2.05) is 53.4 Å². The third-order valence-corrected chi connectivity index (χ3v) is 4.33. The van der Waals surface area contributed by atoms with Crippen LogP contribution in [0.2, 0.25) is 0 Å². The lowest BCUT2D eigenvalue weighted by Gasteiger charge is -2.30. The Morgan fingerprint density at radius 3 is 2.20 bits per heavy atom. The molecule has 0 radical (unpaired) electrons. The highest BCUT2D eigenvalue weighted by Crippen LogP contribution is 2.16. The van der Waals surface area contributed by atoms with Gasteiger partial charge in [0.15, 0.2) is 0 Å². The molecule has 0 bridgehead atoms. The summed E-state index contributed by atoms with van der Waals surface area (Å²) in [6.45, 7) is 5.14. The molecule has 0 heterocycles. The van der Waals surface area contributed by atoms with E-state index >= 15 is 0 Å². The largest absolute Gasteiger partial charge is 0.332 e. The number of carbonyl (C=O) groups is 1. The molecule has 0 aromatic heterocycles. The summed E-state index contributed by atoms with van der Waals surface area (Å²) in [5.74, 6) is 0.130. The third kappa shape index (κ3) is 5.90. The Kier molecular flexibility index (Phi) is 7.97. The van der Waals surface area contributed by atoms with Crippen molar-refractivity contribution < 1.29 is 4.79 Å². The van der Waals surface area contributed by atoms with Crippen molar-refractivity contribution in [1.82, 2.24) is 4.90 Å². The first-order chi connectivity index (χ1) is 12.3. The second kappa shape index (κ2) is 10.5. The van der Waals surface area contributed by atoms with Crippen LogP contribution in [0, 0.1) is 0 Å². The van der Waals surface area contributed by atoms with Gasteiger partial charge in [0, 0.05) is 12.1 Å². The van der Waals surface area contributed by atoms with Gasteiger partial charge in [-0.2, -0.15) is 0 Å². The maximum Gasteiger partial charge on any atom is 0.254 e. The van der Waals surface area contributed by atoms with Crippen molar-refractivity contribution in [2.24, 2.45) is 0 Å². The first kappa shape index (κ1) is 19.0. The highest BCUT2D eigenvalue weighted by Gasteiger charge is 2.21. The molecule has 2 rings (SSSR count). The van der Waals surface area contributed by atoms with E-state index in [0.29, 0.717) is 0 Å². The number of carbonyl (C=O) groups excluding carboxylic acids is 1. The summed E-state index contributed by atoms with van der Waals surface area (Å²) in [4.78, 5) is 15.1. The van der Waals surface area contributed by atoms with E-state index < -0.39 is 0 Å². The summed E-state index contributed by atoms with van der Waals surface area (Å²) >= 11 is 0. The monoisotopic (exact) mass is 335 g/mol. The second-order valence-corrected chi connectivity index (χ2v) is 6.34. The predicted octanol–water partition coefficient (Wildman–Crippen LogP) is 5.81. The van der Waals surface area contributed by atoms with Gasteiger partial charge in [0.25, 0.3) is 5.91 Å². The van der Waals surface area contributed by atoms with Crippen molar-refractivity contribution in [3.63, 3.8) is 0 Å². The van der Waals surface area contributed by atoms with Crippen LogP contribution >= 0.6 is 0 Å². The molecule has 0 aliphatic heterocycles. The molecule has 2 aromatic carbocycles. The lowest BCUT2D eigenvalue weighted by Crippen LogP contribution is -2.40. The molecule has 2 heteroatoms. The van der Waals surface area contributed by atoms with Crippen molar-refractivity contribution in [1.29, 1.82) is 0 Å². The maximum absolute atomic E-state index is 13.1. The van der Waals surface area contributed by atoms with Crippen LogP contribution in [0.15, 0.2) is 66.7 Å². The van der Waals surface area contributed by atoms with Gasteiger partial charge in [0.2, 0.25) is 0 Å². The van der Waals surface area contributed by atoms with E-state index in [1.165, 1.54) is 5.56 Å². The van der Waals surface area contributed by atoms with Crippen LogP contribution in [-0.2, 0) is 0 Å². The number of hydrogen-bond acceptors (Lipinski definition) is 1. The minimum Gasteiger partial charge on any atom is -0.332 e. The van der Waals surface area contributed by atoms with Crippen LogP contribution in [0.3, 0.4) is 0 Å². The molecule has 1 atom stereocenters. The molecule has 0 aliphatic carbocycles. The predicted molar refractivity (Wildman–Crippen MR) is 107 cm³/mol. The standard InChI is InChI=1S/C23H29NO/c1-3-5-19-24(23(25)21-15-10-7-11-16-21)22(12-4-2)18-17-20-13-8-6-9-14-20/h6-11,13-18,22H,3-5,12,19H2,1-2H3. The Labute approximate surface area is 152 Å². The van der Waals surface area contributed by atoms with Crippen LogP contribution in [0.4, 0.5) is 0 Å². The van der Waals surface area contributed by atoms with Crippen molar-refractivity contribution in [3.8, 4) is 0 Å². The summed E-state index contributed by atoms with van der Waals surface area (Å²) in [5, 5.41) is 0. The number of benzene rings is 2. The van der Waals surface area contributed by atoms with Gasteiger partial charge in [-0.1, -0.05) is 87.4 Å². The molecule has 2 aromatic rings. The summed E-state index contributed by atoms with van der Waals surface area (Å²) in [6.07, 6.45) is 8.46. The number of nitrogens with zero attached hydrogens (tertiary/aromatic N) is 1. The van der Waals surface area contributed by atoms with Crippen LogP contribution in [-0.4, -0.2) is 23.4 Å². The Hall–Kier alpha value is -2.35. The van der Waals surface area contributed by atoms with Crippen LogP contribution in [0.5, 0.6) is 0 Å². The first-order valence-electron chi connectivity index (χ1n) is 9.35. The Morgan fingerprint density at radius 1 is 0.960 bits per heavy atom. The van der Waals surface area contributed by atoms with E-state index in [1.54, 1.807) is 0 Å². The number of rotatable bonds is 9. The summed E-state index contributed by atoms with van der Waals surface area (Å²) < 4.78 is 0. The molecule has 0 N–H and O–H groups in total. The summed E-state index contributed by atoms with van der Waals surface area (Å²) in [7, 11) is 0. The van der Waals surface area contributed by atoms with Crippen molar-refractivity contribution in [2.45, 2.75) is 45.6 Å². The van der Waals surface area contributed by atoms with Crippen molar-refractivity contribution >= 4 is 12.0 Å². The van der Waals surface area contributed by atoms with Gasteiger partial charge in [-0.05, 0) is 30.5 Å². The van der Waals surface area contributed by atoms with Crippen LogP contribution in [0.25, 0.3) is 6.08 Å². The zero-order valence-corrected chi connectivity index (χ0v) is 15.4. The molecule has 0 saturated carbocycles. The van der Waals surface area contributed by atoms with Gasteiger partial charge in [0.05, 0.1) is 6.04 Å². The first-order valence-corrected chi connectivity index (χ1v) is 9.35. The van der Waals surface area contributed by atoms with E-state index in [4.69, 9.17) is 0 Å². The minimum atomic E-state index is 0.129. The number of unbranched alkanes of at least 4 members (excludes halogenated alkanes) is 1.